The Kier molecular flexibility index (Phi) is 8.30. The molecule has 29 heavy (non-hydrogen) atoms. The molecule has 0 bridgehead atoms. The topological polar surface area (TPSA) is 79.0 Å². The van der Waals surface area contributed by atoms with E-state index in [2.05, 4.69) is 5.32 Å². The first-order valence-electron chi connectivity index (χ1n) is 8.68. The summed E-state index contributed by atoms with van der Waals surface area (Å²) in [5.74, 6) is 0.414. The van der Waals surface area contributed by atoms with Gasteiger partial charge in [0.1, 0.15) is 17.3 Å². The van der Waals surface area contributed by atoms with Crippen LogP contribution in [0.15, 0.2) is 47.4 Å². The van der Waals surface area contributed by atoms with Crippen LogP contribution in [0, 0.1) is 0 Å². The minimum Gasteiger partial charge on any atom is -0.492 e. The number of hydrogen-bond acceptors (Lipinski definition) is 5. The lowest BCUT2D eigenvalue weighted by Crippen LogP contribution is -2.33. The van der Waals surface area contributed by atoms with Crippen molar-refractivity contribution in [2.45, 2.75) is 4.90 Å². The lowest BCUT2D eigenvalue weighted by Gasteiger charge is -2.17. The van der Waals surface area contributed by atoms with E-state index >= 15 is 0 Å². The first-order valence-corrected chi connectivity index (χ1v) is 10.9. The van der Waals surface area contributed by atoms with Crippen molar-refractivity contribution in [2.24, 2.45) is 0 Å². The Morgan fingerprint density at radius 1 is 1.07 bits per heavy atom. The van der Waals surface area contributed by atoms with Gasteiger partial charge in [0, 0.05) is 31.4 Å². The molecule has 2 aromatic rings. The SMILES string of the molecule is CN(CCOc1ccc(Cl)cc1)CC(=O)Nc1ccc(Cl)c(S(=O)(=O)N(C)C)c1. The number of rotatable bonds is 9. The standard InChI is InChI=1S/C19H23Cl2N3O4S/c1-23(2)29(26,27)18-12-15(6-9-17(18)21)22-19(25)13-24(3)10-11-28-16-7-4-14(20)5-8-16/h4-9,12H,10-11,13H2,1-3H3,(H,22,25). The summed E-state index contributed by atoms with van der Waals surface area (Å²) in [6, 6.07) is 11.4. The number of carbonyl (C=O) groups excluding carboxylic acids is 1. The average molecular weight is 460 g/mol. The number of nitrogens with one attached hydrogen (secondary N) is 1. The van der Waals surface area contributed by atoms with Gasteiger partial charge in [-0.2, -0.15) is 0 Å². The second kappa shape index (κ2) is 10.3. The van der Waals surface area contributed by atoms with Crippen LogP contribution in [-0.2, 0) is 14.8 Å². The molecule has 0 saturated carbocycles. The molecule has 2 rings (SSSR count). The molecule has 0 saturated heterocycles. The highest BCUT2D eigenvalue weighted by Gasteiger charge is 2.21. The Morgan fingerprint density at radius 3 is 2.34 bits per heavy atom. The van der Waals surface area contributed by atoms with E-state index in [1.165, 1.54) is 26.2 Å². The second-order valence-corrected chi connectivity index (χ2v) is 9.48. The maximum Gasteiger partial charge on any atom is 0.244 e. The number of carbonyl (C=O) groups is 1. The van der Waals surface area contributed by atoms with Crippen LogP contribution in [0.25, 0.3) is 0 Å². The normalized spacial score (nSPS) is 11.7. The van der Waals surface area contributed by atoms with Crippen LogP contribution in [0.5, 0.6) is 5.75 Å². The van der Waals surface area contributed by atoms with E-state index in [4.69, 9.17) is 27.9 Å². The van der Waals surface area contributed by atoms with Crippen LogP contribution < -0.4 is 10.1 Å². The van der Waals surface area contributed by atoms with Crippen molar-refractivity contribution in [3.8, 4) is 5.75 Å². The van der Waals surface area contributed by atoms with Gasteiger partial charge in [0.05, 0.1) is 11.6 Å². The summed E-state index contributed by atoms with van der Waals surface area (Å²) in [4.78, 5) is 14.0. The molecule has 158 valence electrons. The lowest BCUT2D eigenvalue weighted by atomic mass is 10.3. The molecule has 0 aliphatic heterocycles. The van der Waals surface area contributed by atoms with Crippen molar-refractivity contribution in [2.75, 3.05) is 46.2 Å². The highest BCUT2D eigenvalue weighted by atomic mass is 35.5. The maximum atomic E-state index is 12.3. The van der Waals surface area contributed by atoms with Gasteiger partial charge in [-0.05, 0) is 49.5 Å². The Hall–Kier alpha value is -1.84. The van der Waals surface area contributed by atoms with Gasteiger partial charge >= 0.3 is 0 Å². The minimum atomic E-state index is -3.72. The van der Waals surface area contributed by atoms with Crippen LogP contribution in [0.3, 0.4) is 0 Å². The van der Waals surface area contributed by atoms with Gasteiger partial charge in [0.25, 0.3) is 0 Å². The third kappa shape index (κ3) is 6.87. The van der Waals surface area contributed by atoms with Gasteiger partial charge in [-0.1, -0.05) is 23.2 Å². The summed E-state index contributed by atoms with van der Waals surface area (Å²) >= 11 is 11.8. The molecule has 0 fully saturated rings. The van der Waals surface area contributed by atoms with E-state index < -0.39 is 10.0 Å². The Morgan fingerprint density at radius 2 is 1.72 bits per heavy atom. The third-order valence-electron chi connectivity index (χ3n) is 3.94. The molecular weight excluding hydrogens is 437 g/mol. The summed E-state index contributed by atoms with van der Waals surface area (Å²) in [6.07, 6.45) is 0. The quantitative estimate of drug-likeness (QED) is 0.622. The third-order valence-corrected chi connectivity index (χ3v) is 6.49. The number of amides is 1. The molecule has 0 spiro atoms. The molecule has 0 radical (unpaired) electrons. The molecule has 0 aliphatic rings. The van der Waals surface area contributed by atoms with Crippen molar-refractivity contribution in [3.05, 3.63) is 52.5 Å². The molecule has 0 atom stereocenters. The summed E-state index contributed by atoms with van der Waals surface area (Å²) in [7, 11) is 0.900. The smallest absolute Gasteiger partial charge is 0.244 e. The van der Waals surface area contributed by atoms with Crippen LogP contribution >= 0.6 is 23.2 Å². The van der Waals surface area contributed by atoms with Crippen LogP contribution in [0.4, 0.5) is 5.69 Å². The molecule has 2 aromatic carbocycles. The number of sulfonamides is 1. The number of benzene rings is 2. The Balaban J connectivity index is 1.89. The number of halogens is 2. The molecule has 0 unspecified atom stereocenters. The molecular formula is C19H23Cl2N3O4S. The molecule has 10 heteroatoms. The van der Waals surface area contributed by atoms with Gasteiger partial charge in [-0.25, -0.2) is 12.7 Å². The Labute approximate surface area is 181 Å². The highest BCUT2D eigenvalue weighted by Crippen LogP contribution is 2.26. The van der Waals surface area contributed by atoms with Gasteiger partial charge in [0.15, 0.2) is 0 Å². The van der Waals surface area contributed by atoms with Crippen LogP contribution in [-0.4, -0.2) is 64.4 Å². The zero-order valence-corrected chi connectivity index (χ0v) is 18.7. The van der Waals surface area contributed by atoms with E-state index in [1.807, 2.05) is 0 Å². The van der Waals surface area contributed by atoms with E-state index in [-0.39, 0.29) is 22.4 Å². The summed E-state index contributed by atoms with van der Waals surface area (Å²) in [5.41, 5.74) is 0.352. The predicted octanol–water partition coefficient (Wildman–Crippen LogP) is 3.19. The maximum absolute atomic E-state index is 12.3. The summed E-state index contributed by atoms with van der Waals surface area (Å²) < 4.78 is 31.3. The van der Waals surface area contributed by atoms with Crippen LogP contribution in [0.2, 0.25) is 10.0 Å². The van der Waals surface area contributed by atoms with E-state index in [9.17, 15) is 13.2 Å². The highest BCUT2D eigenvalue weighted by molar-refractivity contribution is 7.89. The van der Waals surface area contributed by atoms with Gasteiger partial charge in [-0.3, -0.25) is 9.69 Å². The molecule has 1 N–H and O–H groups in total. The first kappa shape index (κ1) is 23.4. The van der Waals surface area contributed by atoms with Gasteiger partial charge < -0.3 is 10.1 Å². The molecule has 7 nitrogen and oxygen atoms in total. The van der Waals surface area contributed by atoms with Crippen molar-refractivity contribution in [3.63, 3.8) is 0 Å². The first-order chi connectivity index (χ1) is 13.6. The van der Waals surface area contributed by atoms with Crippen molar-refractivity contribution < 1.29 is 17.9 Å². The van der Waals surface area contributed by atoms with E-state index in [0.29, 0.717) is 29.6 Å². The zero-order chi connectivity index (χ0) is 21.6. The monoisotopic (exact) mass is 459 g/mol. The van der Waals surface area contributed by atoms with Crippen molar-refractivity contribution in [1.82, 2.24) is 9.21 Å². The largest absolute Gasteiger partial charge is 0.492 e. The molecule has 0 aromatic heterocycles. The summed E-state index contributed by atoms with van der Waals surface area (Å²) in [6.45, 7) is 1.04. The fourth-order valence-corrected chi connectivity index (χ4v) is 3.87. The lowest BCUT2D eigenvalue weighted by molar-refractivity contribution is -0.117. The number of ether oxygens (including phenoxy) is 1. The van der Waals surface area contributed by atoms with Crippen molar-refractivity contribution >= 4 is 44.8 Å². The van der Waals surface area contributed by atoms with E-state index in [0.717, 1.165) is 4.31 Å². The van der Waals surface area contributed by atoms with Gasteiger partial charge in [-0.15, -0.1) is 0 Å². The fourth-order valence-electron chi connectivity index (χ4n) is 2.35. The second-order valence-electron chi connectivity index (χ2n) is 6.52. The van der Waals surface area contributed by atoms with E-state index in [1.54, 1.807) is 42.3 Å². The number of hydrogen-bond donors (Lipinski definition) is 1. The Bertz CT molecular complexity index is 950. The average Bonchev–Trinajstić information content (AvgIpc) is 2.64. The number of nitrogens with zero attached hydrogens (tertiary/aromatic N) is 2. The number of anilines is 1. The van der Waals surface area contributed by atoms with Gasteiger partial charge in [0.2, 0.25) is 15.9 Å². The zero-order valence-electron chi connectivity index (χ0n) is 16.4. The molecule has 0 heterocycles. The predicted molar refractivity (Wildman–Crippen MR) is 115 cm³/mol. The molecule has 1 amide bonds. The number of likely N-dealkylation sites (N-methyl/N-ethyl adjacent to an activating group) is 1. The minimum absolute atomic E-state index is 0.0633. The van der Waals surface area contributed by atoms with Crippen LogP contribution in [0.1, 0.15) is 0 Å². The fraction of sp³-hybridized carbons (Fsp3) is 0.316. The van der Waals surface area contributed by atoms with Crippen molar-refractivity contribution in [1.29, 1.82) is 0 Å². The molecule has 0 aliphatic carbocycles. The summed E-state index contributed by atoms with van der Waals surface area (Å²) in [5, 5.41) is 3.41.